The van der Waals surface area contributed by atoms with Gasteiger partial charge in [-0.1, -0.05) is 29.8 Å². The number of ether oxygens (including phenoxy) is 1. The first kappa shape index (κ1) is 17.0. The first-order chi connectivity index (χ1) is 9.25. The average molecular weight is 344 g/mol. The van der Waals surface area contributed by atoms with Gasteiger partial charge in [0.1, 0.15) is 5.75 Å². The molecule has 0 fully saturated rings. The van der Waals surface area contributed by atoms with E-state index >= 15 is 0 Å². The van der Waals surface area contributed by atoms with Crippen LogP contribution in [-0.4, -0.2) is 30.3 Å². The molecule has 0 saturated carbocycles. The van der Waals surface area contributed by atoms with E-state index in [-0.39, 0.29) is 12.5 Å². The van der Waals surface area contributed by atoms with Crippen LogP contribution < -0.4 is 10.1 Å². The molecule has 0 saturated heterocycles. The number of hydrogen-bond donors (Lipinski definition) is 2. The molecule has 112 valence electrons. The second-order valence-electron chi connectivity index (χ2n) is 5.62. The molecule has 0 heterocycles. The molecule has 0 spiro atoms. The summed E-state index contributed by atoms with van der Waals surface area (Å²) in [6.45, 7) is 6.01. The van der Waals surface area contributed by atoms with Crippen LogP contribution in [0.15, 0.2) is 22.7 Å². The van der Waals surface area contributed by atoms with Crippen molar-refractivity contribution in [2.75, 3.05) is 13.7 Å². The lowest BCUT2D eigenvalue weighted by molar-refractivity contribution is 0.0368. The molecule has 0 aliphatic rings. The molecule has 1 aromatic rings. The van der Waals surface area contributed by atoms with E-state index < -0.39 is 5.60 Å². The van der Waals surface area contributed by atoms with E-state index in [4.69, 9.17) is 4.74 Å². The number of methoxy groups -OCH3 is 1. The van der Waals surface area contributed by atoms with E-state index in [9.17, 15) is 9.90 Å². The third-order valence-electron chi connectivity index (χ3n) is 2.89. The molecule has 0 aromatic heterocycles. The van der Waals surface area contributed by atoms with Gasteiger partial charge in [-0.05, 0) is 37.5 Å². The van der Waals surface area contributed by atoms with Crippen molar-refractivity contribution < 1.29 is 14.6 Å². The summed E-state index contributed by atoms with van der Waals surface area (Å²) < 4.78 is 6.04. The van der Waals surface area contributed by atoms with Crippen LogP contribution in [0.4, 0.5) is 0 Å². The fourth-order valence-corrected chi connectivity index (χ4v) is 2.51. The smallest absolute Gasteiger partial charge is 0.255 e. The van der Waals surface area contributed by atoms with E-state index in [1.54, 1.807) is 25.1 Å². The summed E-state index contributed by atoms with van der Waals surface area (Å²) in [4.78, 5) is 12.2. The van der Waals surface area contributed by atoms with Gasteiger partial charge in [-0.3, -0.25) is 4.79 Å². The Labute approximate surface area is 128 Å². The topological polar surface area (TPSA) is 58.6 Å². The molecular weight excluding hydrogens is 322 g/mol. The van der Waals surface area contributed by atoms with Gasteiger partial charge >= 0.3 is 0 Å². The van der Waals surface area contributed by atoms with Crippen LogP contribution in [0, 0.1) is 5.92 Å². The number of hydrogen-bond acceptors (Lipinski definition) is 3. The Kier molecular flexibility index (Phi) is 6.02. The molecule has 5 heteroatoms. The second kappa shape index (κ2) is 7.09. The zero-order valence-corrected chi connectivity index (χ0v) is 14.0. The molecule has 0 radical (unpaired) electrons. The van der Waals surface area contributed by atoms with Crippen LogP contribution in [0.3, 0.4) is 0 Å². The minimum atomic E-state index is -0.910. The van der Waals surface area contributed by atoms with E-state index in [2.05, 4.69) is 21.2 Å². The standard InChI is InChI=1S/C15H22BrNO3/c1-10(2)8-15(3,19)9-17-14(18)12-6-5-11(16)7-13(12)20-4/h5-7,10,19H,8-9H2,1-4H3,(H,17,18). The van der Waals surface area contributed by atoms with Gasteiger partial charge < -0.3 is 15.2 Å². The Morgan fingerprint density at radius 3 is 2.70 bits per heavy atom. The number of carbonyl (C=O) groups excluding carboxylic acids is 1. The van der Waals surface area contributed by atoms with Gasteiger partial charge in [0.25, 0.3) is 5.91 Å². The summed E-state index contributed by atoms with van der Waals surface area (Å²) in [6, 6.07) is 5.21. The van der Waals surface area contributed by atoms with E-state index in [1.165, 1.54) is 7.11 Å². The van der Waals surface area contributed by atoms with Crippen LogP contribution in [0.2, 0.25) is 0 Å². The number of benzene rings is 1. The quantitative estimate of drug-likeness (QED) is 0.834. The molecule has 2 N–H and O–H groups in total. The molecule has 1 unspecified atom stereocenters. The molecule has 1 amide bonds. The van der Waals surface area contributed by atoms with E-state index in [1.807, 2.05) is 13.8 Å². The van der Waals surface area contributed by atoms with Gasteiger partial charge in [0.2, 0.25) is 0 Å². The van der Waals surface area contributed by atoms with Gasteiger partial charge in [0.15, 0.2) is 0 Å². The lowest BCUT2D eigenvalue weighted by atomic mass is 9.94. The Balaban J connectivity index is 2.72. The van der Waals surface area contributed by atoms with Crippen LogP contribution in [0.5, 0.6) is 5.75 Å². The minimum absolute atomic E-state index is 0.212. The number of aliphatic hydroxyl groups is 1. The summed E-state index contributed by atoms with van der Waals surface area (Å²) in [5, 5.41) is 13.0. The normalized spacial score (nSPS) is 13.9. The highest BCUT2D eigenvalue weighted by Crippen LogP contribution is 2.23. The van der Waals surface area contributed by atoms with Crippen molar-refractivity contribution in [1.29, 1.82) is 0 Å². The minimum Gasteiger partial charge on any atom is -0.496 e. The zero-order valence-electron chi connectivity index (χ0n) is 12.4. The summed E-state index contributed by atoms with van der Waals surface area (Å²) in [5.74, 6) is 0.614. The Hall–Kier alpha value is -1.07. The van der Waals surface area contributed by atoms with Crippen molar-refractivity contribution in [1.82, 2.24) is 5.32 Å². The second-order valence-corrected chi connectivity index (χ2v) is 6.54. The van der Waals surface area contributed by atoms with Gasteiger partial charge in [-0.25, -0.2) is 0 Å². The summed E-state index contributed by atoms with van der Waals surface area (Å²) >= 11 is 3.33. The Bertz CT molecular complexity index is 472. The Morgan fingerprint density at radius 2 is 2.15 bits per heavy atom. The summed E-state index contributed by atoms with van der Waals surface area (Å²) in [5.41, 5.74) is -0.456. The third-order valence-corrected chi connectivity index (χ3v) is 3.38. The zero-order chi connectivity index (χ0) is 15.3. The number of rotatable bonds is 6. The van der Waals surface area contributed by atoms with Gasteiger partial charge in [0.05, 0.1) is 18.3 Å². The Morgan fingerprint density at radius 1 is 1.50 bits per heavy atom. The number of nitrogens with one attached hydrogen (secondary N) is 1. The van der Waals surface area contributed by atoms with Gasteiger partial charge in [0, 0.05) is 11.0 Å². The highest BCUT2D eigenvalue weighted by atomic mass is 79.9. The number of carbonyl (C=O) groups is 1. The fraction of sp³-hybridized carbons (Fsp3) is 0.533. The maximum absolute atomic E-state index is 12.2. The van der Waals surface area contributed by atoms with Crippen molar-refractivity contribution >= 4 is 21.8 Å². The third kappa shape index (κ3) is 5.13. The first-order valence-electron chi connectivity index (χ1n) is 6.59. The van der Waals surface area contributed by atoms with Crippen LogP contribution in [-0.2, 0) is 0 Å². The van der Waals surface area contributed by atoms with Gasteiger partial charge in [-0.15, -0.1) is 0 Å². The maximum Gasteiger partial charge on any atom is 0.255 e. The van der Waals surface area contributed by atoms with Crippen molar-refractivity contribution in [3.8, 4) is 5.75 Å². The van der Waals surface area contributed by atoms with Crippen molar-refractivity contribution in [3.63, 3.8) is 0 Å². The van der Waals surface area contributed by atoms with Crippen LogP contribution in [0.25, 0.3) is 0 Å². The van der Waals surface area contributed by atoms with Crippen molar-refractivity contribution in [3.05, 3.63) is 28.2 Å². The van der Waals surface area contributed by atoms with Gasteiger partial charge in [-0.2, -0.15) is 0 Å². The fourth-order valence-electron chi connectivity index (χ4n) is 2.17. The molecule has 0 bridgehead atoms. The highest BCUT2D eigenvalue weighted by Gasteiger charge is 2.23. The number of amides is 1. The predicted molar refractivity (Wildman–Crippen MR) is 83.1 cm³/mol. The van der Waals surface area contributed by atoms with Crippen LogP contribution >= 0.6 is 15.9 Å². The molecule has 4 nitrogen and oxygen atoms in total. The summed E-state index contributed by atoms with van der Waals surface area (Å²) in [6.07, 6.45) is 0.630. The summed E-state index contributed by atoms with van der Waals surface area (Å²) in [7, 11) is 1.52. The lowest BCUT2D eigenvalue weighted by Gasteiger charge is -2.25. The molecule has 20 heavy (non-hydrogen) atoms. The molecule has 1 aromatic carbocycles. The van der Waals surface area contributed by atoms with Crippen molar-refractivity contribution in [2.45, 2.75) is 32.8 Å². The predicted octanol–water partition coefficient (Wildman–Crippen LogP) is 2.98. The number of halogens is 1. The van der Waals surface area contributed by atoms with Crippen LogP contribution in [0.1, 0.15) is 37.6 Å². The first-order valence-corrected chi connectivity index (χ1v) is 7.38. The van der Waals surface area contributed by atoms with E-state index in [0.29, 0.717) is 23.7 Å². The van der Waals surface area contributed by atoms with Crippen molar-refractivity contribution in [2.24, 2.45) is 5.92 Å². The SMILES string of the molecule is COc1cc(Br)ccc1C(=O)NCC(C)(O)CC(C)C. The lowest BCUT2D eigenvalue weighted by Crippen LogP contribution is -2.41. The molecular formula is C15H22BrNO3. The molecule has 0 aliphatic carbocycles. The largest absolute Gasteiger partial charge is 0.496 e. The molecule has 1 rings (SSSR count). The maximum atomic E-state index is 12.2. The molecule has 0 aliphatic heterocycles. The average Bonchev–Trinajstić information content (AvgIpc) is 2.34. The monoisotopic (exact) mass is 343 g/mol. The van der Waals surface area contributed by atoms with E-state index in [0.717, 1.165) is 4.47 Å². The molecule has 1 atom stereocenters. The highest BCUT2D eigenvalue weighted by molar-refractivity contribution is 9.10.